The Balaban J connectivity index is 2.96. The number of carboxylic acid groups (broad SMARTS) is 1. The zero-order chi connectivity index (χ0) is 23.9. The van der Waals surface area contributed by atoms with Gasteiger partial charge in [-0.2, -0.15) is 0 Å². The average molecular weight is 487 g/mol. The van der Waals surface area contributed by atoms with Crippen LogP contribution in [0.2, 0.25) is 10.0 Å². The number of anilines is 1. The molecule has 1 aromatic rings. The molecule has 0 aliphatic carbocycles. The predicted octanol–water partition coefficient (Wildman–Crippen LogP) is 6.40. The normalized spacial score (nSPS) is 11.8. The molecule has 0 aliphatic rings. The van der Waals surface area contributed by atoms with Crippen LogP contribution in [0, 0.1) is 5.92 Å². The molecule has 0 aromatic heterocycles. The van der Waals surface area contributed by atoms with E-state index in [0.717, 1.165) is 51.4 Å². The van der Waals surface area contributed by atoms with Gasteiger partial charge in [0.1, 0.15) is 5.92 Å². The Labute approximate surface area is 201 Å². The third-order valence-corrected chi connectivity index (χ3v) is 6.06. The van der Waals surface area contributed by atoms with Gasteiger partial charge in [0.2, 0.25) is 11.8 Å². The molecule has 0 heterocycles. The van der Waals surface area contributed by atoms with Gasteiger partial charge < -0.3 is 15.3 Å². The molecule has 8 heteroatoms. The van der Waals surface area contributed by atoms with Gasteiger partial charge in [-0.1, -0.05) is 75.6 Å². The summed E-state index contributed by atoms with van der Waals surface area (Å²) in [7, 11) is 0. The van der Waals surface area contributed by atoms with Crippen LogP contribution in [0.3, 0.4) is 0 Å². The monoisotopic (exact) mass is 486 g/mol. The summed E-state index contributed by atoms with van der Waals surface area (Å²) in [6, 6.07) is 4.66. The van der Waals surface area contributed by atoms with Crippen molar-refractivity contribution in [2.45, 2.75) is 78.1 Å². The number of halogens is 2. The van der Waals surface area contributed by atoms with Crippen molar-refractivity contribution >= 4 is 46.7 Å². The summed E-state index contributed by atoms with van der Waals surface area (Å²) in [5.74, 6) is -2.95. The van der Waals surface area contributed by atoms with Crippen LogP contribution < -0.4 is 5.32 Å². The Morgan fingerprint density at radius 2 is 1.53 bits per heavy atom. The van der Waals surface area contributed by atoms with Gasteiger partial charge in [-0.25, -0.2) is 0 Å². The molecule has 1 aromatic carbocycles. The lowest BCUT2D eigenvalue weighted by Crippen LogP contribution is -2.42. The molecular weight excluding hydrogens is 451 g/mol. The second kappa shape index (κ2) is 15.9. The van der Waals surface area contributed by atoms with Gasteiger partial charge in [0.25, 0.3) is 0 Å². The molecule has 0 radical (unpaired) electrons. The van der Waals surface area contributed by atoms with E-state index < -0.39 is 17.8 Å². The fourth-order valence-electron chi connectivity index (χ4n) is 3.45. The standard InChI is InChI=1S/C24H36Cl2N2O4/c1-3-5-7-9-15-28(16-10-8-6-4-2)24(32)19(12-14-22(29)30)23(31)27-18-11-13-20(25)21(26)17-18/h11,13,17,19H,3-10,12,14-16H2,1-2H3,(H,27,31)(H,29,30). The van der Waals surface area contributed by atoms with Crippen molar-refractivity contribution in [1.29, 1.82) is 0 Å². The highest BCUT2D eigenvalue weighted by Crippen LogP contribution is 2.26. The molecule has 0 fully saturated rings. The van der Waals surface area contributed by atoms with E-state index in [0.29, 0.717) is 23.8 Å². The van der Waals surface area contributed by atoms with Gasteiger partial charge in [0.05, 0.1) is 10.0 Å². The maximum Gasteiger partial charge on any atom is 0.303 e. The van der Waals surface area contributed by atoms with Crippen molar-refractivity contribution in [3.8, 4) is 0 Å². The summed E-state index contributed by atoms with van der Waals surface area (Å²) in [5.41, 5.74) is 0.412. The fourth-order valence-corrected chi connectivity index (χ4v) is 3.75. The number of nitrogens with one attached hydrogen (secondary N) is 1. The highest BCUT2D eigenvalue weighted by Gasteiger charge is 2.31. The highest BCUT2D eigenvalue weighted by atomic mass is 35.5. The first kappa shape index (κ1) is 28.2. The molecular formula is C24H36Cl2N2O4. The molecule has 2 amide bonds. The molecule has 0 spiro atoms. The van der Waals surface area contributed by atoms with E-state index in [9.17, 15) is 14.4 Å². The Morgan fingerprint density at radius 1 is 0.938 bits per heavy atom. The number of nitrogens with zero attached hydrogens (tertiary/aromatic N) is 1. The van der Waals surface area contributed by atoms with Crippen molar-refractivity contribution < 1.29 is 19.5 Å². The van der Waals surface area contributed by atoms with Crippen molar-refractivity contribution in [2.24, 2.45) is 5.92 Å². The van der Waals surface area contributed by atoms with E-state index in [-0.39, 0.29) is 23.8 Å². The summed E-state index contributed by atoms with van der Waals surface area (Å²) in [5, 5.41) is 12.5. The molecule has 32 heavy (non-hydrogen) atoms. The highest BCUT2D eigenvalue weighted by molar-refractivity contribution is 6.42. The number of aliphatic carboxylic acids is 1. The smallest absolute Gasteiger partial charge is 0.303 e. The molecule has 1 unspecified atom stereocenters. The molecule has 0 saturated heterocycles. The van der Waals surface area contributed by atoms with Gasteiger partial charge in [-0.15, -0.1) is 0 Å². The third-order valence-electron chi connectivity index (χ3n) is 5.32. The van der Waals surface area contributed by atoms with Crippen LogP contribution in [0.25, 0.3) is 0 Å². The van der Waals surface area contributed by atoms with E-state index in [2.05, 4.69) is 19.2 Å². The number of carbonyl (C=O) groups excluding carboxylic acids is 2. The number of rotatable bonds is 16. The molecule has 0 aliphatic heterocycles. The van der Waals surface area contributed by atoms with Crippen LogP contribution in [-0.2, 0) is 14.4 Å². The Bertz CT molecular complexity index is 731. The van der Waals surface area contributed by atoms with E-state index in [4.69, 9.17) is 28.3 Å². The molecule has 1 rings (SSSR count). The van der Waals surface area contributed by atoms with Crippen LogP contribution >= 0.6 is 23.2 Å². The number of hydrogen-bond donors (Lipinski definition) is 2. The van der Waals surface area contributed by atoms with Crippen LogP contribution in [0.15, 0.2) is 18.2 Å². The van der Waals surface area contributed by atoms with Crippen LogP contribution in [0.5, 0.6) is 0 Å². The minimum atomic E-state index is -1.07. The first-order valence-electron chi connectivity index (χ1n) is 11.6. The van der Waals surface area contributed by atoms with Gasteiger partial charge in [0.15, 0.2) is 0 Å². The van der Waals surface area contributed by atoms with Crippen LogP contribution in [0.4, 0.5) is 5.69 Å². The number of carbonyl (C=O) groups is 3. The molecule has 1 atom stereocenters. The Morgan fingerprint density at radius 3 is 2.03 bits per heavy atom. The maximum absolute atomic E-state index is 13.4. The summed E-state index contributed by atoms with van der Waals surface area (Å²) >= 11 is 11.9. The number of unbranched alkanes of at least 4 members (excludes halogenated alkanes) is 6. The zero-order valence-electron chi connectivity index (χ0n) is 19.2. The Kier molecular flexibility index (Phi) is 14.1. The fraction of sp³-hybridized carbons (Fsp3) is 0.625. The topological polar surface area (TPSA) is 86.7 Å². The van der Waals surface area contributed by atoms with Crippen LogP contribution in [0.1, 0.15) is 78.1 Å². The van der Waals surface area contributed by atoms with E-state index in [1.54, 1.807) is 17.0 Å². The quantitative estimate of drug-likeness (QED) is 0.209. The summed E-state index contributed by atoms with van der Waals surface area (Å²) in [6.07, 6.45) is 7.84. The molecule has 180 valence electrons. The molecule has 6 nitrogen and oxygen atoms in total. The van der Waals surface area contributed by atoms with Gasteiger partial charge in [-0.05, 0) is 37.5 Å². The van der Waals surface area contributed by atoms with E-state index in [1.807, 2.05) is 0 Å². The minimum Gasteiger partial charge on any atom is -0.481 e. The van der Waals surface area contributed by atoms with Gasteiger partial charge in [-0.3, -0.25) is 14.4 Å². The number of hydrogen-bond acceptors (Lipinski definition) is 3. The lowest BCUT2D eigenvalue weighted by molar-refractivity contribution is -0.142. The summed E-state index contributed by atoms with van der Waals surface area (Å²) in [4.78, 5) is 39.3. The van der Waals surface area contributed by atoms with Crippen LogP contribution in [-0.4, -0.2) is 40.9 Å². The first-order valence-corrected chi connectivity index (χ1v) is 12.3. The first-order chi connectivity index (χ1) is 15.3. The molecule has 0 bridgehead atoms. The van der Waals surface area contributed by atoms with Crippen molar-refractivity contribution in [3.63, 3.8) is 0 Å². The molecule has 2 N–H and O–H groups in total. The molecule has 0 saturated carbocycles. The lowest BCUT2D eigenvalue weighted by Gasteiger charge is -2.27. The predicted molar refractivity (Wildman–Crippen MR) is 130 cm³/mol. The Hall–Kier alpha value is -1.79. The lowest BCUT2D eigenvalue weighted by atomic mass is 9.99. The van der Waals surface area contributed by atoms with E-state index in [1.165, 1.54) is 6.07 Å². The largest absolute Gasteiger partial charge is 0.481 e. The number of benzene rings is 1. The average Bonchev–Trinajstić information content (AvgIpc) is 2.75. The second-order valence-electron chi connectivity index (χ2n) is 8.05. The third kappa shape index (κ3) is 10.7. The van der Waals surface area contributed by atoms with Crippen molar-refractivity contribution in [2.75, 3.05) is 18.4 Å². The number of carboxylic acids is 1. The van der Waals surface area contributed by atoms with Crippen molar-refractivity contribution in [1.82, 2.24) is 4.90 Å². The summed E-state index contributed by atoms with van der Waals surface area (Å²) in [6.45, 7) is 5.41. The number of amides is 2. The summed E-state index contributed by atoms with van der Waals surface area (Å²) < 4.78 is 0. The van der Waals surface area contributed by atoms with Gasteiger partial charge in [0, 0.05) is 25.2 Å². The SMILES string of the molecule is CCCCCCN(CCCCCC)C(=O)C(CCC(=O)O)C(=O)Nc1ccc(Cl)c(Cl)c1. The van der Waals surface area contributed by atoms with Crippen molar-refractivity contribution in [3.05, 3.63) is 28.2 Å². The van der Waals surface area contributed by atoms with Gasteiger partial charge >= 0.3 is 5.97 Å². The second-order valence-corrected chi connectivity index (χ2v) is 8.86. The minimum absolute atomic E-state index is 0.0538. The van der Waals surface area contributed by atoms with E-state index >= 15 is 0 Å². The zero-order valence-corrected chi connectivity index (χ0v) is 20.7. The maximum atomic E-state index is 13.4.